The number of thiophene rings is 1. The molecule has 130 valence electrons. The Labute approximate surface area is 138 Å². The van der Waals surface area contributed by atoms with Gasteiger partial charge in [-0.25, -0.2) is 13.2 Å². The second-order valence-electron chi connectivity index (χ2n) is 4.61. The number of carbonyl (C=O) groups excluding carboxylic acids is 1. The minimum Gasteiger partial charge on any atom is -0.494 e. The summed E-state index contributed by atoms with van der Waals surface area (Å²) in [4.78, 5) is 22.8. The number of carbonyl (C=O) groups is 2. The van der Waals surface area contributed by atoms with Crippen LogP contribution >= 0.6 is 11.3 Å². The predicted molar refractivity (Wildman–Crippen MR) is 83.5 cm³/mol. The first-order valence-corrected chi connectivity index (χ1v) is 9.08. The van der Waals surface area contributed by atoms with E-state index >= 15 is 0 Å². The molecular weight excluding hydrogens is 346 g/mol. The first-order chi connectivity index (χ1) is 10.8. The van der Waals surface area contributed by atoms with Gasteiger partial charge in [-0.05, 0) is 6.42 Å². The molecular formula is C13H19NO7S2. The van der Waals surface area contributed by atoms with Crippen LogP contribution in [0.4, 0.5) is 0 Å². The molecule has 0 saturated heterocycles. The number of nitrogens with one attached hydrogen (secondary N) is 1. The van der Waals surface area contributed by atoms with Crippen molar-refractivity contribution in [3.8, 4) is 5.75 Å². The van der Waals surface area contributed by atoms with Crippen molar-refractivity contribution in [2.75, 3.05) is 14.2 Å². The number of hydrogen-bond donors (Lipinski definition) is 2. The van der Waals surface area contributed by atoms with Gasteiger partial charge in [0.25, 0.3) is 10.0 Å². The van der Waals surface area contributed by atoms with Gasteiger partial charge < -0.3 is 14.6 Å². The molecule has 23 heavy (non-hydrogen) atoms. The van der Waals surface area contributed by atoms with Gasteiger partial charge in [-0.2, -0.15) is 4.72 Å². The van der Waals surface area contributed by atoms with Crippen LogP contribution < -0.4 is 9.46 Å². The number of rotatable bonds is 9. The molecule has 0 aromatic carbocycles. The van der Waals surface area contributed by atoms with E-state index in [1.165, 1.54) is 20.3 Å². The Morgan fingerprint density at radius 1 is 1.39 bits per heavy atom. The molecule has 0 aliphatic rings. The number of sulfonamides is 1. The van der Waals surface area contributed by atoms with Gasteiger partial charge in [-0.1, -0.05) is 19.8 Å². The summed E-state index contributed by atoms with van der Waals surface area (Å²) in [7, 11) is -1.71. The zero-order chi connectivity index (χ0) is 17.6. The van der Waals surface area contributed by atoms with Gasteiger partial charge in [0.05, 0.1) is 14.2 Å². The molecule has 10 heteroatoms. The highest BCUT2D eigenvalue weighted by atomic mass is 32.2. The largest absolute Gasteiger partial charge is 0.494 e. The fourth-order valence-electron chi connectivity index (χ4n) is 1.77. The van der Waals surface area contributed by atoms with Gasteiger partial charge in [-0.15, -0.1) is 11.3 Å². The van der Waals surface area contributed by atoms with E-state index in [2.05, 4.69) is 9.46 Å². The second kappa shape index (κ2) is 8.27. The summed E-state index contributed by atoms with van der Waals surface area (Å²) in [6, 6.07) is 0.000652. The number of methoxy groups -OCH3 is 2. The van der Waals surface area contributed by atoms with Crippen molar-refractivity contribution < 1.29 is 32.6 Å². The van der Waals surface area contributed by atoms with Crippen molar-refractivity contribution >= 4 is 33.3 Å². The minimum atomic E-state index is -4.14. The molecule has 8 nitrogen and oxygen atoms in total. The van der Waals surface area contributed by atoms with Gasteiger partial charge in [0.1, 0.15) is 10.9 Å². The van der Waals surface area contributed by atoms with E-state index in [0.717, 1.165) is 6.42 Å². The van der Waals surface area contributed by atoms with Crippen LogP contribution in [0.3, 0.4) is 0 Å². The fraction of sp³-hybridized carbons (Fsp3) is 0.538. The Kier molecular flexibility index (Phi) is 6.98. The number of hydrogen-bond acceptors (Lipinski definition) is 7. The van der Waals surface area contributed by atoms with Crippen LogP contribution in [0.5, 0.6) is 5.75 Å². The fourth-order valence-corrected chi connectivity index (χ4v) is 4.51. The zero-order valence-corrected chi connectivity index (χ0v) is 14.6. The van der Waals surface area contributed by atoms with Crippen molar-refractivity contribution in [1.29, 1.82) is 0 Å². The molecule has 0 saturated carbocycles. The SMILES string of the molecule is CCCCC(NS(=O)(=O)c1sc(C(=O)OC)cc1OC)C(=O)O. The lowest BCUT2D eigenvalue weighted by Crippen LogP contribution is -2.40. The van der Waals surface area contributed by atoms with Crippen LogP contribution in [0.15, 0.2) is 10.3 Å². The first-order valence-electron chi connectivity index (χ1n) is 6.78. The van der Waals surface area contributed by atoms with E-state index in [1.807, 2.05) is 6.92 Å². The third-order valence-electron chi connectivity index (χ3n) is 2.96. The molecule has 1 heterocycles. The Morgan fingerprint density at radius 2 is 2.04 bits per heavy atom. The standard InChI is InChI=1S/C13H19NO7S2/c1-4-5-6-8(11(15)16)14-23(18,19)13-9(20-2)7-10(22-13)12(17)21-3/h7-8,14H,4-6H2,1-3H3,(H,15,16). The summed E-state index contributed by atoms with van der Waals surface area (Å²) >= 11 is 0.658. The lowest BCUT2D eigenvalue weighted by Gasteiger charge is -2.14. The molecule has 2 N–H and O–H groups in total. The van der Waals surface area contributed by atoms with Crippen molar-refractivity contribution in [3.63, 3.8) is 0 Å². The molecule has 1 aromatic heterocycles. The van der Waals surface area contributed by atoms with Crippen LogP contribution in [-0.4, -0.2) is 45.7 Å². The summed E-state index contributed by atoms with van der Waals surface area (Å²) in [6.07, 6.45) is 1.47. The molecule has 1 rings (SSSR count). The molecule has 1 aromatic rings. The van der Waals surface area contributed by atoms with Gasteiger partial charge in [-0.3, -0.25) is 4.79 Å². The average molecular weight is 365 g/mol. The van der Waals surface area contributed by atoms with E-state index in [-0.39, 0.29) is 21.3 Å². The third-order valence-corrected chi connectivity index (χ3v) is 6.04. The number of unbranched alkanes of at least 4 members (excludes halogenated alkanes) is 1. The summed E-state index contributed by atoms with van der Waals surface area (Å²) in [5.74, 6) is -2.00. The van der Waals surface area contributed by atoms with Gasteiger partial charge >= 0.3 is 11.9 Å². The maximum atomic E-state index is 12.4. The Hall–Kier alpha value is -1.65. The smallest absolute Gasteiger partial charge is 0.348 e. The number of esters is 1. The van der Waals surface area contributed by atoms with E-state index in [0.29, 0.717) is 17.8 Å². The number of carboxylic acid groups (broad SMARTS) is 1. The van der Waals surface area contributed by atoms with Crippen LogP contribution in [0.1, 0.15) is 35.9 Å². The molecule has 1 unspecified atom stereocenters. The van der Waals surface area contributed by atoms with E-state index in [9.17, 15) is 18.0 Å². The van der Waals surface area contributed by atoms with Crippen molar-refractivity contribution in [1.82, 2.24) is 4.72 Å². The molecule has 0 fully saturated rings. The zero-order valence-electron chi connectivity index (χ0n) is 13.0. The van der Waals surface area contributed by atoms with Gasteiger partial charge in [0.15, 0.2) is 9.96 Å². The van der Waals surface area contributed by atoms with E-state index < -0.39 is 28.0 Å². The molecule has 0 bridgehead atoms. The van der Waals surface area contributed by atoms with Gasteiger partial charge in [0.2, 0.25) is 0 Å². The minimum absolute atomic E-state index is 0.0393. The lowest BCUT2D eigenvalue weighted by atomic mass is 10.1. The maximum Gasteiger partial charge on any atom is 0.348 e. The second-order valence-corrected chi connectivity index (χ2v) is 7.57. The van der Waals surface area contributed by atoms with Crippen molar-refractivity contribution in [3.05, 3.63) is 10.9 Å². The van der Waals surface area contributed by atoms with Crippen molar-refractivity contribution in [2.24, 2.45) is 0 Å². The highest BCUT2D eigenvalue weighted by Gasteiger charge is 2.30. The molecule has 0 amide bonds. The summed E-state index contributed by atoms with van der Waals surface area (Å²) in [5.41, 5.74) is 0. The summed E-state index contributed by atoms with van der Waals surface area (Å²) in [6.45, 7) is 1.87. The first kappa shape index (κ1) is 19.4. The highest BCUT2D eigenvalue weighted by Crippen LogP contribution is 2.34. The summed E-state index contributed by atoms with van der Waals surface area (Å²) < 4.78 is 36.2. The van der Waals surface area contributed by atoms with Crippen LogP contribution in [-0.2, 0) is 19.6 Å². The van der Waals surface area contributed by atoms with Crippen LogP contribution in [0.2, 0.25) is 0 Å². The molecule has 0 aliphatic heterocycles. The monoisotopic (exact) mass is 365 g/mol. The highest BCUT2D eigenvalue weighted by molar-refractivity contribution is 7.91. The molecule has 0 spiro atoms. The number of aliphatic carboxylic acids is 1. The van der Waals surface area contributed by atoms with Crippen molar-refractivity contribution in [2.45, 2.75) is 36.4 Å². The van der Waals surface area contributed by atoms with E-state index in [4.69, 9.17) is 9.84 Å². The van der Waals surface area contributed by atoms with Gasteiger partial charge in [0, 0.05) is 6.07 Å². The third kappa shape index (κ3) is 4.91. The maximum absolute atomic E-state index is 12.4. The number of carboxylic acids is 1. The van der Waals surface area contributed by atoms with Crippen LogP contribution in [0.25, 0.3) is 0 Å². The quantitative estimate of drug-likeness (QED) is 0.636. The molecule has 0 aliphatic carbocycles. The predicted octanol–water partition coefficient (Wildman–Crippen LogP) is 1.47. The number of ether oxygens (including phenoxy) is 2. The Bertz CT molecular complexity index is 666. The Morgan fingerprint density at radius 3 is 2.52 bits per heavy atom. The lowest BCUT2D eigenvalue weighted by molar-refractivity contribution is -0.139. The molecule has 0 radical (unpaired) electrons. The van der Waals surface area contributed by atoms with E-state index in [1.54, 1.807) is 0 Å². The summed E-state index contributed by atoms with van der Waals surface area (Å²) in [5, 5.41) is 9.14. The van der Waals surface area contributed by atoms with Crippen LogP contribution in [0, 0.1) is 0 Å². The topological polar surface area (TPSA) is 119 Å². The average Bonchev–Trinajstić information content (AvgIpc) is 2.95. The normalized spacial score (nSPS) is 12.7. The Balaban J connectivity index is 3.13. The molecule has 1 atom stereocenters.